The van der Waals surface area contributed by atoms with Crippen molar-refractivity contribution in [3.05, 3.63) is 53.6 Å². The molecule has 0 atom stereocenters. The molecule has 0 amide bonds. The topological polar surface area (TPSA) is 92.3 Å². The first-order valence-corrected chi connectivity index (χ1v) is 14.2. The standard InChI is InChI=1S/C24H30N2O4S2/c1-16-3-4-17(2)23(9-16)32(29,30)25-21-5-7-22(8-6-21)31(27,28)26-24-13-18-10-19(14-24)12-20(11-18)15-24/h3-9,18-20,25-26H,10-15H2,1-2H3. The fraction of sp³-hybridized carbons (Fsp3) is 0.500. The van der Waals surface area contributed by atoms with Crippen LogP contribution in [0.1, 0.15) is 49.7 Å². The summed E-state index contributed by atoms with van der Waals surface area (Å²) in [6, 6.07) is 11.2. The highest BCUT2D eigenvalue weighted by atomic mass is 32.2. The molecule has 0 aromatic heterocycles. The molecule has 8 heteroatoms. The summed E-state index contributed by atoms with van der Waals surface area (Å²) in [5.74, 6) is 1.93. The van der Waals surface area contributed by atoms with E-state index in [0.29, 0.717) is 29.0 Å². The summed E-state index contributed by atoms with van der Waals surface area (Å²) < 4.78 is 57.6. The molecule has 2 aromatic rings. The maximum Gasteiger partial charge on any atom is 0.262 e. The highest BCUT2D eigenvalue weighted by molar-refractivity contribution is 7.92. The SMILES string of the molecule is Cc1ccc(C)c(S(=O)(=O)Nc2ccc(S(=O)(=O)NC34CC5CC(CC(C5)C3)C4)cc2)c1. The van der Waals surface area contributed by atoms with Gasteiger partial charge in [-0.15, -0.1) is 0 Å². The van der Waals surface area contributed by atoms with Crippen molar-refractivity contribution in [1.29, 1.82) is 0 Å². The smallest absolute Gasteiger partial charge is 0.262 e. The number of anilines is 1. The molecule has 6 rings (SSSR count). The summed E-state index contributed by atoms with van der Waals surface area (Å²) in [5, 5.41) is 0. The van der Waals surface area contributed by atoms with Gasteiger partial charge in [-0.25, -0.2) is 21.6 Å². The zero-order valence-electron chi connectivity index (χ0n) is 18.5. The van der Waals surface area contributed by atoms with E-state index in [0.717, 1.165) is 24.8 Å². The zero-order valence-corrected chi connectivity index (χ0v) is 20.1. The van der Waals surface area contributed by atoms with Crippen molar-refractivity contribution in [2.75, 3.05) is 4.72 Å². The maximum atomic E-state index is 13.2. The zero-order chi connectivity index (χ0) is 22.7. The van der Waals surface area contributed by atoms with Crippen LogP contribution >= 0.6 is 0 Å². The second-order valence-electron chi connectivity index (χ2n) is 10.2. The molecule has 2 N–H and O–H groups in total. The first kappa shape index (κ1) is 21.9. The number of rotatable bonds is 6. The molecule has 0 radical (unpaired) electrons. The fourth-order valence-corrected chi connectivity index (χ4v) is 9.31. The molecular formula is C24H30N2O4S2. The molecule has 4 aliphatic carbocycles. The normalized spacial score (nSPS) is 29.2. The Morgan fingerprint density at radius 3 is 1.91 bits per heavy atom. The number of sulfonamides is 2. The summed E-state index contributed by atoms with van der Waals surface area (Å²) in [6.07, 6.45) is 6.55. The van der Waals surface area contributed by atoms with Crippen molar-refractivity contribution in [3.8, 4) is 0 Å². The molecule has 4 aliphatic rings. The van der Waals surface area contributed by atoms with Gasteiger partial charge in [0.1, 0.15) is 0 Å². The molecular weight excluding hydrogens is 444 g/mol. The van der Waals surface area contributed by atoms with Gasteiger partial charge in [0, 0.05) is 11.2 Å². The quantitative estimate of drug-likeness (QED) is 0.651. The van der Waals surface area contributed by atoms with Crippen LogP contribution in [0.25, 0.3) is 0 Å². The van der Waals surface area contributed by atoms with Crippen LogP contribution in [-0.4, -0.2) is 22.4 Å². The lowest BCUT2D eigenvalue weighted by atomic mass is 9.53. The lowest BCUT2D eigenvalue weighted by Crippen LogP contribution is -2.59. The van der Waals surface area contributed by atoms with Gasteiger partial charge >= 0.3 is 0 Å². The Morgan fingerprint density at radius 1 is 0.781 bits per heavy atom. The molecule has 2 aromatic carbocycles. The summed E-state index contributed by atoms with van der Waals surface area (Å²) >= 11 is 0. The minimum Gasteiger partial charge on any atom is -0.280 e. The molecule has 0 heterocycles. The second-order valence-corrected chi connectivity index (χ2v) is 13.5. The second kappa shape index (κ2) is 7.57. The number of nitrogens with one attached hydrogen (secondary N) is 2. The third-order valence-electron chi connectivity index (χ3n) is 7.44. The number of benzene rings is 2. The van der Waals surface area contributed by atoms with Crippen LogP contribution in [0.4, 0.5) is 5.69 Å². The Balaban J connectivity index is 1.34. The first-order chi connectivity index (χ1) is 15.0. The van der Waals surface area contributed by atoms with E-state index in [1.54, 1.807) is 19.1 Å². The minimum atomic E-state index is -3.77. The van der Waals surface area contributed by atoms with Gasteiger partial charge in [0.25, 0.3) is 10.0 Å². The third kappa shape index (κ3) is 4.08. The van der Waals surface area contributed by atoms with E-state index in [1.165, 1.54) is 43.5 Å². The Morgan fingerprint density at radius 2 is 1.34 bits per heavy atom. The van der Waals surface area contributed by atoms with Crippen molar-refractivity contribution in [2.24, 2.45) is 17.8 Å². The minimum absolute atomic E-state index is 0.169. The van der Waals surface area contributed by atoms with Gasteiger partial charge in [0.2, 0.25) is 10.0 Å². The number of aryl methyl sites for hydroxylation is 2. The number of hydrogen-bond acceptors (Lipinski definition) is 4. The monoisotopic (exact) mass is 474 g/mol. The van der Waals surface area contributed by atoms with Crippen molar-refractivity contribution in [1.82, 2.24) is 4.72 Å². The van der Waals surface area contributed by atoms with Gasteiger partial charge < -0.3 is 0 Å². The summed E-state index contributed by atoms with van der Waals surface area (Å²) in [4.78, 5) is 0.389. The Bertz CT molecular complexity index is 1220. The molecule has 4 bridgehead atoms. The Labute approximate surface area is 190 Å². The molecule has 4 saturated carbocycles. The van der Waals surface area contributed by atoms with Crippen LogP contribution in [0.3, 0.4) is 0 Å². The maximum absolute atomic E-state index is 13.2. The van der Waals surface area contributed by atoms with Gasteiger partial charge in [-0.3, -0.25) is 4.72 Å². The number of hydrogen-bond donors (Lipinski definition) is 2. The predicted molar refractivity (Wildman–Crippen MR) is 124 cm³/mol. The molecule has 6 nitrogen and oxygen atoms in total. The predicted octanol–water partition coefficient (Wildman–Crippen LogP) is 4.35. The molecule has 0 unspecified atom stereocenters. The largest absolute Gasteiger partial charge is 0.280 e. The summed E-state index contributed by atoms with van der Waals surface area (Å²) in [6.45, 7) is 3.59. The third-order valence-corrected chi connectivity index (χ3v) is 10.6. The highest BCUT2D eigenvalue weighted by Crippen LogP contribution is 2.56. The van der Waals surface area contributed by atoms with E-state index < -0.39 is 20.0 Å². The Hall–Kier alpha value is -1.90. The van der Waals surface area contributed by atoms with Gasteiger partial charge in [-0.1, -0.05) is 12.1 Å². The van der Waals surface area contributed by atoms with Crippen LogP contribution in [0.15, 0.2) is 52.3 Å². The van der Waals surface area contributed by atoms with E-state index in [1.807, 2.05) is 13.0 Å². The molecule has 0 spiro atoms. The summed E-state index contributed by atoms with van der Waals surface area (Å²) in [7, 11) is -7.44. The van der Waals surface area contributed by atoms with Crippen LogP contribution < -0.4 is 9.44 Å². The highest BCUT2D eigenvalue weighted by Gasteiger charge is 2.52. The van der Waals surface area contributed by atoms with Gasteiger partial charge in [-0.05, 0) is 112 Å². The van der Waals surface area contributed by atoms with E-state index in [-0.39, 0.29) is 15.3 Å². The molecule has 0 aliphatic heterocycles. The molecule has 0 saturated heterocycles. The van der Waals surface area contributed by atoms with E-state index in [4.69, 9.17) is 0 Å². The van der Waals surface area contributed by atoms with Gasteiger partial charge in [0.15, 0.2) is 0 Å². The van der Waals surface area contributed by atoms with Crippen molar-refractivity contribution < 1.29 is 16.8 Å². The van der Waals surface area contributed by atoms with Crippen LogP contribution in [0.2, 0.25) is 0 Å². The lowest BCUT2D eigenvalue weighted by molar-refractivity contribution is -0.00810. The van der Waals surface area contributed by atoms with Gasteiger partial charge in [-0.2, -0.15) is 0 Å². The van der Waals surface area contributed by atoms with Crippen LogP contribution in [0, 0.1) is 31.6 Å². The average Bonchev–Trinajstić information content (AvgIpc) is 2.68. The lowest BCUT2D eigenvalue weighted by Gasteiger charge is -2.56. The van der Waals surface area contributed by atoms with Gasteiger partial charge in [0.05, 0.1) is 9.79 Å². The molecule has 4 fully saturated rings. The molecule has 32 heavy (non-hydrogen) atoms. The first-order valence-electron chi connectivity index (χ1n) is 11.3. The summed E-state index contributed by atoms with van der Waals surface area (Å²) in [5.41, 5.74) is 1.53. The van der Waals surface area contributed by atoms with Crippen molar-refractivity contribution in [3.63, 3.8) is 0 Å². The Kier molecular flexibility index (Phi) is 5.18. The van der Waals surface area contributed by atoms with Crippen molar-refractivity contribution >= 4 is 25.7 Å². The van der Waals surface area contributed by atoms with E-state index in [9.17, 15) is 16.8 Å². The molecule has 172 valence electrons. The average molecular weight is 475 g/mol. The van der Waals surface area contributed by atoms with Crippen LogP contribution in [-0.2, 0) is 20.0 Å². The fourth-order valence-electron chi connectivity index (χ4n) is 6.49. The van der Waals surface area contributed by atoms with E-state index in [2.05, 4.69) is 9.44 Å². The van der Waals surface area contributed by atoms with Crippen molar-refractivity contribution in [2.45, 2.75) is 67.7 Å². The van der Waals surface area contributed by atoms with Crippen LogP contribution in [0.5, 0.6) is 0 Å². The van der Waals surface area contributed by atoms with E-state index >= 15 is 0 Å².